The van der Waals surface area contributed by atoms with Gasteiger partial charge in [-0.1, -0.05) is 6.07 Å². The molecule has 5 N–H and O–H groups in total. The average molecular weight is 522 g/mol. The number of fused-ring (bicyclic) bond motifs is 1. The second-order valence-corrected chi connectivity index (χ2v) is 8.73. The van der Waals surface area contributed by atoms with E-state index >= 15 is 0 Å². The summed E-state index contributed by atoms with van der Waals surface area (Å²) in [6.45, 7) is 1.35. The largest absolute Gasteiger partial charge is 0.573 e. The Morgan fingerprint density at radius 1 is 1.24 bits per heavy atom. The fourth-order valence-corrected chi connectivity index (χ4v) is 4.38. The van der Waals surface area contributed by atoms with Gasteiger partial charge in [-0.15, -0.1) is 13.2 Å². The molecule has 2 heterocycles. The number of primary amides is 1. The molecule has 0 spiro atoms. The van der Waals surface area contributed by atoms with Gasteiger partial charge in [-0.2, -0.15) is 0 Å². The molecule has 196 valence electrons. The number of ether oxygens (including phenoxy) is 1. The minimum Gasteiger partial charge on any atom is -0.403 e. The first-order valence-corrected chi connectivity index (χ1v) is 11.1. The molecule has 2 aliphatic rings. The number of alkyl halides is 3. The quantitative estimate of drug-likeness (QED) is 0.309. The van der Waals surface area contributed by atoms with Crippen LogP contribution in [0.5, 0.6) is 5.75 Å². The summed E-state index contributed by atoms with van der Waals surface area (Å²) < 4.78 is 55.7. The summed E-state index contributed by atoms with van der Waals surface area (Å²) in [6.07, 6.45) is -2.77. The number of aromatic nitrogens is 1. The van der Waals surface area contributed by atoms with E-state index in [1.807, 2.05) is 0 Å². The third-order valence-corrected chi connectivity index (χ3v) is 6.13. The SMILES string of the molecule is Cc1cc(C(=N)C(N)=O)c(NCC(=O)N2[C@@H]3CC3C[C@H]2C(=O)Nc2cccc(OC(F)(F)F)c2F)cn1. The molecule has 1 aromatic carbocycles. The van der Waals surface area contributed by atoms with Crippen LogP contribution in [0.1, 0.15) is 24.1 Å². The standard InChI is InChI=1S/C23H22F4N6O4/c1-10-5-12(20(28)21(29)35)14(8-30-10)31-9-18(34)33-15-6-11(15)7-16(33)22(36)32-13-3-2-4-17(19(13)24)37-23(25,26)27/h2-5,8,11,15-16,28,31H,6-7,9H2,1H3,(H2,29,35)(H,32,36)/t11?,15-,16+/m1/s1. The molecule has 1 aliphatic carbocycles. The van der Waals surface area contributed by atoms with Gasteiger partial charge in [0, 0.05) is 17.3 Å². The zero-order valence-corrected chi connectivity index (χ0v) is 19.4. The number of piperidine rings is 1. The highest BCUT2D eigenvalue weighted by molar-refractivity contribution is 6.44. The van der Waals surface area contributed by atoms with Gasteiger partial charge in [-0.3, -0.25) is 24.8 Å². The van der Waals surface area contributed by atoms with Crippen LogP contribution in [0.15, 0.2) is 30.5 Å². The number of aryl methyl sites for hydroxylation is 1. The van der Waals surface area contributed by atoms with Gasteiger partial charge in [0.25, 0.3) is 5.91 Å². The molecule has 1 saturated heterocycles. The smallest absolute Gasteiger partial charge is 0.403 e. The number of pyridine rings is 1. The third kappa shape index (κ3) is 5.62. The zero-order chi connectivity index (χ0) is 27.1. The molecule has 1 unspecified atom stereocenters. The van der Waals surface area contributed by atoms with E-state index in [-0.39, 0.29) is 29.8 Å². The molecule has 0 radical (unpaired) electrons. The van der Waals surface area contributed by atoms with Crippen LogP contribution in [0.3, 0.4) is 0 Å². The third-order valence-electron chi connectivity index (χ3n) is 6.13. The van der Waals surface area contributed by atoms with Crippen molar-refractivity contribution < 1.29 is 36.7 Å². The lowest BCUT2D eigenvalue weighted by molar-refractivity contribution is -0.275. The van der Waals surface area contributed by atoms with E-state index in [0.717, 1.165) is 18.2 Å². The van der Waals surface area contributed by atoms with E-state index in [1.165, 1.54) is 17.2 Å². The number of hydrogen-bond acceptors (Lipinski definition) is 7. The van der Waals surface area contributed by atoms with Gasteiger partial charge in [0.1, 0.15) is 11.8 Å². The summed E-state index contributed by atoms with van der Waals surface area (Å²) in [5.74, 6) is -4.61. The van der Waals surface area contributed by atoms with Crippen molar-refractivity contribution in [2.45, 2.75) is 38.2 Å². The van der Waals surface area contributed by atoms with Gasteiger partial charge in [0.05, 0.1) is 24.1 Å². The second kappa shape index (κ2) is 9.67. The van der Waals surface area contributed by atoms with Gasteiger partial charge < -0.3 is 26.0 Å². The molecule has 3 amide bonds. The lowest BCUT2D eigenvalue weighted by Gasteiger charge is -2.27. The first-order valence-electron chi connectivity index (χ1n) is 11.1. The van der Waals surface area contributed by atoms with Crippen molar-refractivity contribution in [2.75, 3.05) is 17.2 Å². The monoisotopic (exact) mass is 522 g/mol. The summed E-state index contributed by atoms with van der Waals surface area (Å²) in [7, 11) is 0. The Morgan fingerprint density at radius 2 is 1.97 bits per heavy atom. The molecular weight excluding hydrogens is 500 g/mol. The Balaban J connectivity index is 1.46. The van der Waals surface area contributed by atoms with Crippen molar-refractivity contribution in [1.82, 2.24) is 9.88 Å². The van der Waals surface area contributed by atoms with Crippen molar-refractivity contribution in [3.05, 3.63) is 47.5 Å². The van der Waals surface area contributed by atoms with Crippen LogP contribution in [0, 0.1) is 24.1 Å². The molecular formula is C23H22F4N6O4. The van der Waals surface area contributed by atoms with Crippen LogP contribution >= 0.6 is 0 Å². The van der Waals surface area contributed by atoms with E-state index in [9.17, 15) is 31.9 Å². The molecule has 4 rings (SSSR count). The number of carbonyl (C=O) groups is 3. The molecule has 2 aromatic rings. The van der Waals surface area contributed by atoms with Crippen LogP contribution in [0.25, 0.3) is 0 Å². The Morgan fingerprint density at radius 3 is 2.65 bits per heavy atom. The lowest BCUT2D eigenvalue weighted by Crippen LogP contribution is -2.47. The van der Waals surface area contributed by atoms with Crippen LogP contribution in [-0.2, 0) is 14.4 Å². The van der Waals surface area contributed by atoms with Crippen molar-refractivity contribution >= 4 is 34.8 Å². The van der Waals surface area contributed by atoms with E-state index in [0.29, 0.717) is 18.5 Å². The molecule has 1 aliphatic heterocycles. The van der Waals surface area contributed by atoms with Crippen LogP contribution in [-0.4, -0.2) is 58.3 Å². The van der Waals surface area contributed by atoms with Crippen LogP contribution in [0.4, 0.5) is 28.9 Å². The average Bonchev–Trinajstić information content (AvgIpc) is 3.48. The topological polar surface area (TPSA) is 150 Å². The molecule has 14 heteroatoms. The number of benzene rings is 1. The Bertz CT molecular complexity index is 1280. The predicted octanol–water partition coefficient (Wildman–Crippen LogP) is 2.32. The number of halogens is 4. The van der Waals surface area contributed by atoms with E-state index in [2.05, 4.69) is 20.4 Å². The summed E-state index contributed by atoms with van der Waals surface area (Å²) in [5.41, 5.74) is 5.12. The number of anilines is 2. The number of amides is 3. The molecule has 3 atom stereocenters. The molecule has 10 nitrogen and oxygen atoms in total. The summed E-state index contributed by atoms with van der Waals surface area (Å²) in [6, 6.07) is 3.25. The lowest BCUT2D eigenvalue weighted by atomic mass is 10.1. The highest BCUT2D eigenvalue weighted by atomic mass is 19.4. The van der Waals surface area contributed by atoms with Gasteiger partial charge >= 0.3 is 6.36 Å². The number of likely N-dealkylation sites (tertiary alicyclic amines) is 1. The van der Waals surface area contributed by atoms with Gasteiger partial charge in [-0.25, -0.2) is 4.39 Å². The van der Waals surface area contributed by atoms with Gasteiger partial charge in [0.15, 0.2) is 11.6 Å². The molecule has 1 aromatic heterocycles. The summed E-state index contributed by atoms with van der Waals surface area (Å²) in [5, 5.41) is 13.0. The van der Waals surface area contributed by atoms with Gasteiger partial charge in [0.2, 0.25) is 11.8 Å². The number of hydrogen-bond donors (Lipinski definition) is 4. The number of carbonyl (C=O) groups excluding carboxylic acids is 3. The minimum atomic E-state index is -5.12. The summed E-state index contributed by atoms with van der Waals surface area (Å²) in [4.78, 5) is 42.9. The summed E-state index contributed by atoms with van der Waals surface area (Å²) >= 11 is 0. The number of nitrogens with two attached hydrogens (primary N) is 1. The highest BCUT2D eigenvalue weighted by Gasteiger charge is 2.56. The zero-order valence-electron chi connectivity index (χ0n) is 19.4. The predicted molar refractivity (Wildman–Crippen MR) is 122 cm³/mol. The number of rotatable bonds is 8. The Labute approximate surface area is 207 Å². The van der Waals surface area contributed by atoms with Crippen molar-refractivity contribution in [3.8, 4) is 5.75 Å². The molecule has 2 fully saturated rings. The minimum absolute atomic E-state index is 0.0732. The number of nitrogens with one attached hydrogen (secondary N) is 3. The molecule has 37 heavy (non-hydrogen) atoms. The Kier molecular flexibility index (Phi) is 6.76. The molecule has 0 bridgehead atoms. The first kappa shape index (κ1) is 25.9. The van der Waals surface area contributed by atoms with Crippen LogP contribution < -0.4 is 21.1 Å². The van der Waals surface area contributed by atoms with E-state index in [4.69, 9.17) is 11.1 Å². The van der Waals surface area contributed by atoms with Crippen molar-refractivity contribution in [1.29, 1.82) is 5.41 Å². The maximum Gasteiger partial charge on any atom is 0.573 e. The fraction of sp³-hybridized carbons (Fsp3) is 0.348. The van der Waals surface area contributed by atoms with Gasteiger partial charge in [-0.05, 0) is 43.9 Å². The van der Waals surface area contributed by atoms with E-state index in [1.54, 1.807) is 6.92 Å². The normalized spacial score (nSPS) is 20.1. The first-order chi connectivity index (χ1) is 17.4. The van der Waals surface area contributed by atoms with Crippen molar-refractivity contribution in [3.63, 3.8) is 0 Å². The fourth-order valence-electron chi connectivity index (χ4n) is 4.38. The number of nitrogens with zero attached hydrogens (tertiary/aromatic N) is 2. The maximum atomic E-state index is 14.5. The highest BCUT2D eigenvalue weighted by Crippen LogP contribution is 2.48. The van der Waals surface area contributed by atoms with E-state index < -0.39 is 53.1 Å². The van der Waals surface area contributed by atoms with Crippen LogP contribution in [0.2, 0.25) is 0 Å². The van der Waals surface area contributed by atoms with Crippen molar-refractivity contribution in [2.24, 2.45) is 11.7 Å². The Hall–Kier alpha value is -4.23. The maximum absolute atomic E-state index is 14.5. The molecule has 1 saturated carbocycles. The second-order valence-electron chi connectivity index (χ2n) is 8.73.